The molecule has 4 heteroatoms. The topological polar surface area (TPSA) is 43.6 Å². The number of hydrogen-bond donors (Lipinski definition) is 0. The average Bonchev–Trinajstić information content (AvgIpc) is 3.78. The van der Waals surface area contributed by atoms with E-state index in [1.165, 1.54) is 66.3 Å². The summed E-state index contributed by atoms with van der Waals surface area (Å²) in [7, 11) is 0. The summed E-state index contributed by atoms with van der Waals surface area (Å²) >= 11 is 0. The second kappa shape index (κ2) is 11.4. The molecule has 0 bridgehead atoms. The Morgan fingerprint density at radius 3 is 1.56 bits per heavy atom. The summed E-state index contributed by atoms with van der Waals surface area (Å²) in [4.78, 5) is 15.2. The van der Waals surface area contributed by atoms with E-state index in [-0.39, 0.29) is 10.8 Å². The third-order valence-corrected chi connectivity index (χ3v) is 12.2. The third kappa shape index (κ3) is 4.42. The van der Waals surface area contributed by atoms with Crippen LogP contribution in [0.1, 0.15) is 49.9 Å². The monoisotopic (exact) mass is 706 g/mol. The van der Waals surface area contributed by atoms with Gasteiger partial charge in [-0.25, -0.2) is 15.0 Å². The van der Waals surface area contributed by atoms with Gasteiger partial charge in [0.1, 0.15) is 0 Å². The van der Waals surface area contributed by atoms with Gasteiger partial charge in [-0.1, -0.05) is 167 Å². The van der Waals surface area contributed by atoms with Crippen LogP contribution in [0, 0.1) is 0 Å². The minimum atomic E-state index is -0.239. The molecule has 0 amide bonds. The van der Waals surface area contributed by atoms with Crippen molar-refractivity contribution in [3.8, 4) is 62.1 Å². The quantitative estimate of drug-likeness (QED) is 0.183. The summed E-state index contributed by atoms with van der Waals surface area (Å²) < 4.78 is 2.52. The molecule has 2 aromatic heterocycles. The van der Waals surface area contributed by atoms with Gasteiger partial charge in [-0.2, -0.15) is 0 Å². The van der Waals surface area contributed by atoms with Crippen LogP contribution < -0.4 is 0 Å². The zero-order chi connectivity index (χ0) is 37.1. The first kappa shape index (κ1) is 31.8. The molecule has 2 heterocycles. The van der Waals surface area contributed by atoms with E-state index in [9.17, 15) is 0 Å². The predicted octanol–water partition coefficient (Wildman–Crippen LogP) is 12.6. The van der Waals surface area contributed by atoms with Gasteiger partial charge in [-0.15, -0.1) is 0 Å². The lowest BCUT2D eigenvalue weighted by Crippen LogP contribution is -2.19. The van der Waals surface area contributed by atoms with Crippen molar-refractivity contribution in [3.05, 3.63) is 180 Å². The fourth-order valence-electron chi connectivity index (χ4n) is 9.75. The molecule has 0 spiro atoms. The first-order chi connectivity index (χ1) is 26.8. The highest BCUT2D eigenvalue weighted by molar-refractivity contribution is 6.22. The Kier molecular flexibility index (Phi) is 6.61. The van der Waals surface area contributed by atoms with Gasteiger partial charge in [0, 0.05) is 44.0 Å². The highest BCUT2D eigenvalue weighted by Gasteiger charge is 2.47. The Labute approximate surface area is 320 Å². The van der Waals surface area contributed by atoms with E-state index >= 15 is 0 Å². The maximum atomic E-state index is 5.11. The third-order valence-electron chi connectivity index (χ3n) is 12.2. The van der Waals surface area contributed by atoms with E-state index in [0.717, 1.165) is 22.4 Å². The summed E-state index contributed by atoms with van der Waals surface area (Å²) in [5.74, 6) is 1.95. The highest BCUT2D eigenvalue weighted by Crippen LogP contribution is 2.63. The van der Waals surface area contributed by atoms with Crippen LogP contribution in [-0.4, -0.2) is 19.5 Å². The van der Waals surface area contributed by atoms with Crippen molar-refractivity contribution in [1.29, 1.82) is 0 Å². The molecule has 0 unspecified atom stereocenters. The molecular weight excluding hydrogens is 669 g/mol. The van der Waals surface area contributed by atoms with Crippen LogP contribution in [0.15, 0.2) is 158 Å². The smallest absolute Gasteiger partial charge is 0.164 e. The van der Waals surface area contributed by atoms with Gasteiger partial charge in [0.25, 0.3) is 0 Å². The summed E-state index contributed by atoms with van der Waals surface area (Å²) in [5, 5.41) is 2.59. The molecule has 0 saturated carbocycles. The Morgan fingerprint density at radius 2 is 0.927 bits per heavy atom. The fraction of sp³-hybridized carbons (Fsp3) is 0.118. The zero-order valence-corrected chi connectivity index (χ0v) is 31.3. The van der Waals surface area contributed by atoms with Crippen molar-refractivity contribution in [2.24, 2.45) is 0 Å². The number of hydrogen-bond acceptors (Lipinski definition) is 3. The van der Waals surface area contributed by atoms with Gasteiger partial charge in [-0.05, 0) is 62.7 Å². The molecule has 0 saturated heterocycles. The lowest BCUT2D eigenvalue weighted by molar-refractivity contribution is 0.650. The highest BCUT2D eigenvalue weighted by atomic mass is 15.0. The summed E-state index contributed by atoms with van der Waals surface area (Å²) in [6.45, 7) is 9.67. The molecular formula is C51H38N4. The minimum absolute atomic E-state index is 0.174. The number of para-hydroxylation sites is 1. The Balaban J connectivity index is 1.24. The molecule has 0 N–H and O–H groups in total. The van der Waals surface area contributed by atoms with Crippen LogP contribution in [0.4, 0.5) is 0 Å². The lowest BCUT2D eigenvalue weighted by atomic mass is 9.76. The van der Waals surface area contributed by atoms with Gasteiger partial charge in [0.15, 0.2) is 17.5 Å². The van der Waals surface area contributed by atoms with Crippen LogP contribution in [0.5, 0.6) is 0 Å². The standard InChI is InChI=1S/C51H38N4/c1-50(2)38-27-14-11-24-35(38)41-42-37-26-13-16-29-40(37)55(46(42)45-43(44(41)50)36-25-12-15-28-39(36)51(45,3)4)34-23-17-22-33(30-34)49-53-47(31-18-7-5-8-19-31)52-48(54-49)32-20-9-6-10-21-32/h5-30H,1-4H3. The number of benzene rings is 7. The molecule has 2 aliphatic rings. The fourth-order valence-corrected chi connectivity index (χ4v) is 9.75. The number of aromatic nitrogens is 4. The second-order valence-electron chi connectivity index (χ2n) is 16.0. The molecule has 55 heavy (non-hydrogen) atoms. The largest absolute Gasteiger partial charge is 0.309 e. The van der Waals surface area contributed by atoms with Crippen LogP contribution in [-0.2, 0) is 10.8 Å². The van der Waals surface area contributed by atoms with Gasteiger partial charge in [0.2, 0.25) is 0 Å². The Morgan fingerprint density at radius 1 is 0.436 bits per heavy atom. The second-order valence-corrected chi connectivity index (χ2v) is 16.0. The predicted molar refractivity (Wildman–Crippen MR) is 226 cm³/mol. The van der Waals surface area contributed by atoms with E-state index in [2.05, 4.69) is 154 Å². The maximum Gasteiger partial charge on any atom is 0.164 e. The number of rotatable bonds is 4. The molecule has 7 aromatic carbocycles. The summed E-state index contributed by atoms with van der Waals surface area (Å²) in [6.07, 6.45) is 0. The molecule has 0 radical (unpaired) electrons. The van der Waals surface area contributed by atoms with Crippen LogP contribution in [0.2, 0.25) is 0 Å². The van der Waals surface area contributed by atoms with Gasteiger partial charge in [0.05, 0.1) is 11.0 Å². The van der Waals surface area contributed by atoms with Gasteiger partial charge >= 0.3 is 0 Å². The first-order valence-electron chi connectivity index (χ1n) is 19.1. The van der Waals surface area contributed by atoms with Crippen molar-refractivity contribution in [2.75, 3.05) is 0 Å². The molecule has 0 aliphatic heterocycles. The van der Waals surface area contributed by atoms with E-state index in [1.54, 1.807) is 0 Å². The normalized spacial score (nSPS) is 14.5. The average molecular weight is 707 g/mol. The van der Waals surface area contributed by atoms with Crippen molar-refractivity contribution < 1.29 is 0 Å². The van der Waals surface area contributed by atoms with E-state index in [4.69, 9.17) is 15.0 Å². The van der Waals surface area contributed by atoms with E-state index in [0.29, 0.717) is 17.5 Å². The van der Waals surface area contributed by atoms with Crippen LogP contribution in [0.3, 0.4) is 0 Å². The van der Waals surface area contributed by atoms with E-state index < -0.39 is 0 Å². The maximum absolute atomic E-state index is 5.11. The van der Waals surface area contributed by atoms with Crippen molar-refractivity contribution in [3.63, 3.8) is 0 Å². The molecule has 11 rings (SSSR count). The van der Waals surface area contributed by atoms with Crippen LogP contribution >= 0.6 is 0 Å². The van der Waals surface area contributed by atoms with E-state index in [1.807, 2.05) is 36.4 Å². The van der Waals surface area contributed by atoms with Crippen LogP contribution in [0.25, 0.3) is 83.9 Å². The van der Waals surface area contributed by atoms with Crippen molar-refractivity contribution in [2.45, 2.75) is 38.5 Å². The number of nitrogens with zero attached hydrogens (tertiary/aromatic N) is 4. The first-order valence-corrected chi connectivity index (χ1v) is 19.1. The van der Waals surface area contributed by atoms with Gasteiger partial charge < -0.3 is 4.57 Å². The molecule has 262 valence electrons. The Bertz CT molecular complexity index is 2970. The molecule has 9 aromatic rings. The lowest BCUT2D eigenvalue weighted by Gasteiger charge is -2.28. The van der Waals surface area contributed by atoms with Crippen molar-refractivity contribution in [1.82, 2.24) is 19.5 Å². The summed E-state index contributed by atoms with van der Waals surface area (Å²) in [5.41, 5.74) is 17.0. The number of fused-ring (bicyclic) bond motifs is 12. The summed E-state index contributed by atoms with van der Waals surface area (Å²) in [6, 6.07) is 56.3. The SMILES string of the molecule is CC1(C)c2ccccc2-c2c1c1c(c3c2c2ccccc2n3-c2cccc(-c3nc(-c4ccccc4)nc(-c4ccccc4)n3)c2)C(C)(C)c2ccccc2-1. The molecule has 4 nitrogen and oxygen atoms in total. The molecule has 0 atom stereocenters. The Hall–Kier alpha value is -6.65. The van der Waals surface area contributed by atoms with Crippen molar-refractivity contribution >= 4 is 21.8 Å². The molecule has 0 fully saturated rings. The zero-order valence-electron chi connectivity index (χ0n) is 31.3. The van der Waals surface area contributed by atoms with Gasteiger partial charge in [-0.3, -0.25) is 0 Å². The molecule has 2 aliphatic carbocycles. The minimum Gasteiger partial charge on any atom is -0.309 e.